The van der Waals surface area contributed by atoms with Crippen molar-refractivity contribution in [1.29, 1.82) is 0 Å². The van der Waals surface area contributed by atoms with Gasteiger partial charge in [0.15, 0.2) is 11.5 Å². The van der Waals surface area contributed by atoms with Crippen LogP contribution in [0, 0.1) is 0 Å². The maximum atomic E-state index is 12.4. The van der Waals surface area contributed by atoms with E-state index in [1.165, 1.54) is 0 Å². The lowest BCUT2D eigenvalue weighted by Crippen LogP contribution is -2.29. The van der Waals surface area contributed by atoms with Crippen LogP contribution in [-0.2, 0) is 11.3 Å². The molecule has 1 aromatic heterocycles. The Morgan fingerprint density at radius 3 is 2.68 bits per heavy atom. The molecule has 2 heterocycles. The van der Waals surface area contributed by atoms with E-state index in [-0.39, 0.29) is 18.5 Å². The average molecular weight is 337 g/mol. The zero-order valence-electron chi connectivity index (χ0n) is 13.9. The van der Waals surface area contributed by atoms with Crippen LogP contribution < -0.4 is 14.8 Å². The number of amides is 1. The summed E-state index contributed by atoms with van der Waals surface area (Å²) in [6, 6.07) is 13.6. The summed E-state index contributed by atoms with van der Waals surface area (Å²) in [5.41, 5.74) is 2.71. The van der Waals surface area contributed by atoms with Crippen molar-refractivity contribution in [3.8, 4) is 11.5 Å². The van der Waals surface area contributed by atoms with Crippen molar-refractivity contribution in [1.82, 2.24) is 14.9 Å². The number of rotatable bonds is 4. The molecule has 6 heteroatoms. The second kappa shape index (κ2) is 6.47. The number of hydrogen-bond acceptors (Lipinski definition) is 4. The van der Waals surface area contributed by atoms with E-state index in [2.05, 4.69) is 10.3 Å². The van der Waals surface area contributed by atoms with Crippen LogP contribution in [0.15, 0.2) is 48.8 Å². The number of ether oxygens (including phenoxy) is 2. The quantitative estimate of drug-likeness (QED) is 0.795. The minimum atomic E-state index is -0.0643. The topological polar surface area (TPSA) is 65.4 Å². The maximum Gasteiger partial charge on any atom is 0.240 e. The van der Waals surface area contributed by atoms with Gasteiger partial charge in [-0.15, -0.1) is 0 Å². The molecule has 6 nitrogen and oxygen atoms in total. The van der Waals surface area contributed by atoms with Crippen LogP contribution in [0.5, 0.6) is 11.5 Å². The summed E-state index contributed by atoms with van der Waals surface area (Å²) in [6.45, 7) is 3.24. The third-order valence-electron chi connectivity index (χ3n) is 4.28. The van der Waals surface area contributed by atoms with E-state index in [0.29, 0.717) is 24.7 Å². The first kappa shape index (κ1) is 15.5. The summed E-state index contributed by atoms with van der Waals surface area (Å²) in [5.74, 6) is 1.33. The van der Waals surface area contributed by atoms with Gasteiger partial charge in [0.2, 0.25) is 5.91 Å². The summed E-state index contributed by atoms with van der Waals surface area (Å²) >= 11 is 0. The SMILES string of the molecule is CC(NC(=O)Cn1cnc2cc3c(cc21)OCCO3)c1ccccc1. The molecule has 0 saturated carbocycles. The highest BCUT2D eigenvalue weighted by molar-refractivity contribution is 5.83. The molecule has 1 aliphatic rings. The van der Waals surface area contributed by atoms with Crippen LogP contribution in [0.1, 0.15) is 18.5 Å². The molecule has 0 fully saturated rings. The Morgan fingerprint density at radius 1 is 1.20 bits per heavy atom. The summed E-state index contributed by atoms with van der Waals surface area (Å²) in [5, 5.41) is 3.02. The Morgan fingerprint density at radius 2 is 1.92 bits per heavy atom. The van der Waals surface area contributed by atoms with E-state index in [0.717, 1.165) is 16.6 Å². The van der Waals surface area contributed by atoms with Crippen LogP contribution in [0.25, 0.3) is 11.0 Å². The molecule has 4 rings (SSSR count). The highest BCUT2D eigenvalue weighted by Gasteiger charge is 2.17. The minimum Gasteiger partial charge on any atom is -0.486 e. The molecule has 1 N–H and O–H groups in total. The molecule has 0 saturated heterocycles. The van der Waals surface area contributed by atoms with Crippen molar-refractivity contribution in [2.45, 2.75) is 19.5 Å². The fraction of sp³-hybridized carbons (Fsp3) is 0.263. The second-order valence-electron chi connectivity index (χ2n) is 6.06. The fourth-order valence-corrected chi connectivity index (χ4v) is 2.99. The molecule has 0 bridgehead atoms. The van der Waals surface area contributed by atoms with Gasteiger partial charge < -0.3 is 19.4 Å². The third kappa shape index (κ3) is 3.15. The van der Waals surface area contributed by atoms with Gasteiger partial charge in [0.1, 0.15) is 19.8 Å². The third-order valence-corrected chi connectivity index (χ3v) is 4.28. The molecule has 2 aromatic carbocycles. The first-order valence-electron chi connectivity index (χ1n) is 8.29. The number of nitrogens with zero attached hydrogens (tertiary/aromatic N) is 2. The lowest BCUT2D eigenvalue weighted by Gasteiger charge is -2.18. The zero-order valence-corrected chi connectivity index (χ0v) is 13.9. The van der Waals surface area contributed by atoms with Gasteiger partial charge in [-0.25, -0.2) is 4.98 Å². The molecule has 25 heavy (non-hydrogen) atoms. The normalized spacial score (nSPS) is 14.3. The molecular formula is C19H19N3O3. The van der Waals surface area contributed by atoms with Crippen LogP contribution in [-0.4, -0.2) is 28.7 Å². The van der Waals surface area contributed by atoms with Gasteiger partial charge in [-0.05, 0) is 12.5 Å². The number of benzene rings is 2. The van der Waals surface area contributed by atoms with E-state index >= 15 is 0 Å². The molecule has 3 aromatic rings. The lowest BCUT2D eigenvalue weighted by atomic mass is 10.1. The van der Waals surface area contributed by atoms with Crippen molar-refractivity contribution in [2.75, 3.05) is 13.2 Å². The fourth-order valence-electron chi connectivity index (χ4n) is 2.99. The van der Waals surface area contributed by atoms with Crippen molar-refractivity contribution in [3.63, 3.8) is 0 Å². The second-order valence-corrected chi connectivity index (χ2v) is 6.06. The van der Waals surface area contributed by atoms with Crippen molar-refractivity contribution >= 4 is 16.9 Å². The maximum absolute atomic E-state index is 12.4. The number of imidazole rings is 1. The minimum absolute atomic E-state index is 0.0482. The molecule has 1 atom stereocenters. The van der Waals surface area contributed by atoms with Crippen LogP contribution in [0.2, 0.25) is 0 Å². The van der Waals surface area contributed by atoms with Crippen LogP contribution in [0.3, 0.4) is 0 Å². The standard InChI is InChI=1S/C19H19N3O3/c1-13(14-5-3-2-4-6-14)21-19(23)11-22-12-20-15-9-17-18(10-16(15)22)25-8-7-24-17/h2-6,9-10,12-13H,7-8,11H2,1H3,(H,21,23). The first-order valence-corrected chi connectivity index (χ1v) is 8.29. The van der Waals surface area contributed by atoms with E-state index in [1.807, 2.05) is 54.0 Å². The van der Waals surface area contributed by atoms with Crippen LogP contribution >= 0.6 is 0 Å². The predicted molar refractivity (Wildman–Crippen MR) is 93.7 cm³/mol. The smallest absolute Gasteiger partial charge is 0.240 e. The van der Waals surface area contributed by atoms with Crippen molar-refractivity contribution in [2.24, 2.45) is 0 Å². The van der Waals surface area contributed by atoms with Crippen molar-refractivity contribution in [3.05, 3.63) is 54.4 Å². The molecule has 0 aliphatic carbocycles. The summed E-state index contributed by atoms with van der Waals surface area (Å²) in [4.78, 5) is 16.8. The first-order chi connectivity index (χ1) is 12.2. The highest BCUT2D eigenvalue weighted by atomic mass is 16.6. The van der Waals surface area contributed by atoms with Gasteiger partial charge in [-0.2, -0.15) is 0 Å². The van der Waals surface area contributed by atoms with Crippen LogP contribution in [0.4, 0.5) is 0 Å². The predicted octanol–water partition coefficient (Wildman–Crippen LogP) is 2.68. The zero-order chi connectivity index (χ0) is 17.2. The Kier molecular flexibility index (Phi) is 4.01. The number of aromatic nitrogens is 2. The largest absolute Gasteiger partial charge is 0.486 e. The summed E-state index contributed by atoms with van der Waals surface area (Å²) in [7, 11) is 0. The molecule has 0 spiro atoms. The van der Waals surface area contributed by atoms with E-state index in [9.17, 15) is 4.79 Å². The molecule has 128 valence electrons. The Bertz CT molecular complexity index is 905. The van der Waals surface area contributed by atoms with Gasteiger partial charge in [0.05, 0.1) is 23.4 Å². The Labute approximate surface area is 145 Å². The van der Waals surface area contributed by atoms with Crippen molar-refractivity contribution < 1.29 is 14.3 Å². The molecular weight excluding hydrogens is 318 g/mol. The highest BCUT2D eigenvalue weighted by Crippen LogP contribution is 2.34. The van der Waals surface area contributed by atoms with Gasteiger partial charge in [0, 0.05) is 12.1 Å². The number of nitrogens with one attached hydrogen (secondary N) is 1. The molecule has 1 amide bonds. The average Bonchev–Trinajstić information content (AvgIpc) is 3.02. The van der Waals surface area contributed by atoms with Gasteiger partial charge >= 0.3 is 0 Å². The molecule has 1 unspecified atom stereocenters. The number of carbonyl (C=O) groups is 1. The molecule has 1 aliphatic heterocycles. The van der Waals surface area contributed by atoms with Gasteiger partial charge in [0.25, 0.3) is 0 Å². The monoisotopic (exact) mass is 337 g/mol. The number of hydrogen-bond donors (Lipinski definition) is 1. The van der Waals surface area contributed by atoms with Gasteiger partial charge in [-0.3, -0.25) is 4.79 Å². The Balaban J connectivity index is 1.51. The molecule has 0 radical (unpaired) electrons. The summed E-state index contributed by atoms with van der Waals surface area (Å²) < 4.78 is 13.0. The summed E-state index contributed by atoms with van der Waals surface area (Å²) in [6.07, 6.45) is 1.67. The van der Waals surface area contributed by atoms with E-state index < -0.39 is 0 Å². The number of fused-ring (bicyclic) bond motifs is 2. The lowest BCUT2D eigenvalue weighted by molar-refractivity contribution is -0.122. The number of carbonyl (C=O) groups excluding carboxylic acids is 1. The Hall–Kier alpha value is -3.02. The van der Waals surface area contributed by atoms with Gasteiger partial charge in [-0.1, -0.05) is 30.3 Å². The van der Waals surface area contributed by atoms with E-state index in [1.54, 1.807) is 6.33 Å². The van der Waals surface area contributed by atoms with E-state index in [4.69, 9.17) is 9.47 Å².